The molecule has 2 aromatic rings. The molecule has 21 heavy (non-hydrogen) atoms. The second kappa shape index (κ2) is 6.46. The van der Waals surface area contributed by atoms with Crippen LogP contribution >= 0.6 is 0 Å². The monoisotopic (exact) mass is 284 g/mol. The molecule has 0 bridgehead atoms. The first-order chi connectivity index (χ1) is 9.97. The third-order valence-electron chi connectivity index (χ3n) is 4.34. The van der Waals surface area contributed by atoms with Crippen molar-refractivity contribution >= 4 is 0 Å². The Morgan fingerprint density at radius 1 is 1.00 bits per heavy atom. The molecule has 0 saturated carbocycles. The van der Waals surface area contributed by atoms with E-state index in [4.69, 9.17) is 5.10 Å². The molecule has 0 aliphatic rings. The molecule has 2 nitrogen and oxygen atoms in total. The van der Waals surface area contributed by atoms with E-state index in [9.17, 15) is 0 Å². The maximum absolute atomic E-state index is 4.92. The summed E-state index contributed by atoms with van der Waals surface area (Å²) in [6.45, 7) is 13.6. The van der Waals surface area contributed by atoms with Crippen LogP contribution in [-0.2, 0) is 6.42 Å². The van der Waals surface area contributed by atoms with Crippen molar-refractivity contribution in [2.45, 2.75) is 59.9 Å². The first kappa shape index (κ1) is 15.8. The summed E-state index contributed by atoms with van der Waals surface area (Å²) < 4.78 is 2.24. The van der Waals surface area contributed by atoms with Crippen LogP contribution in [0.4, 0.5) is 0 Å². The average molecular weight is 284 g/mol. The first-order valence-electron chi connectivity index (χ1n) is 8.14. The maximum Gasteiger partial charge on any atom is 0.0703 e. The van der Waals surface area contributed by atoms with Gasteiger partial charge in [0.2, 0.25) is 0 Å². The Labute approximate surface area is 129 Å². The lowest BCUT2D eigenvalue weighted by molar-refractivity contribution is 0.444. The molecular weight excluding hydrogens is 256 g/mol. The van der Waals surface area contributed by atoms with E-state index in [0.717, 1.165) is 6.42 Å². The fourth-order valence-corrected chi connectivity index (χ4v) is 2.81. The predicted molar refractivity (Wildman–Crippen MR) is 90.7 cm³/mol. The number of hydrogen-bond donors (Lipinski definition) is 0. The van der Waals surface area contributed by atoms with Crippen LogP contribution in [0.3, 0.4) is 0 Å². The quantitative estimate of drug-likeness (QED) is 0.713. The maximum atomic E-state index is 4.92. The molecule has 0 amide bonds. The summed E-state index contributed by atoms with van der Waals surface area (Å²) >= 11 is 0. The minimum absolute atomic E-state index is 0.393. The van der Waals surface area contributed by atoms with Crippen molar-refractivity contribution in [3.05, 3.63) is 41.7 Å². The topological polar surface area (TPSA) is 17.8 Å². The van der Waals surface area contributed by atoms with E-state index in [1.54, 1.807) is 0 Å². The molecule has 0 fully saturated rings. The van der Waals surface area contributed by atoms with Crippen LogP contribution in [0, 0.1) is 5.92 Å². The van der Waals surface area contributed by atoms with Gasteiger partial charge in [-0.1, -0.05) is 58.0 Å². The number of hydrogen-bond acceptors (Lipinski definition) is 1. The van der Waals surface area contributed by atoms with Crippen molar-refractivity contribution in [1.82, 2.24) is 9.78 Å². The van der Waals surface area contributed by atoms with Crippen LogP contribution in [0.2, 0.25) is 0 Å². The fraction of sp³-hybridized carbons (Fsp3) is 0.526. The lowest BCUT2D eigenvalue weighted by atomic mass is 9.88. The van der Waals surface area contributed by atoms with E-state index in [1.165, 1.54) is 22.5 Å². The molecule has 114 valence electrons. The Morgan fingerprint density at radius 3 is 2.10 bits per heavy atom. The third kappa shape index (κ3) is 3.04. The molecule has 0 radical (unpaired) electrons. The van der Waals surface area contributed by atoms with Crippen LogP contribution in [0.5, 0.6) is 0 Å². The average Bonchev–Trinajstić information content (AvgIpc) is 2.86. The summed E-state index contributed by atoms with van der Waals surface area (Å²) in [4.78, 5) is 0. The van der Waals surface area contributed by atoms with Crippen LogP contribution in [0.25, 0.3) is 11.1 Å². The third-order valence-corrected chi connectivity index (χ3v) is 4.34. The molecule has 1 unspecified atom stereocenters. The van der Waals surface area contributed by atoms with Crippen molar-refractivity contribution in [2.75, 3.05) is 0 Å². The molecule has 1 aromatic carbocycles. The second-order valence-electron chi connectivity index (χ2n) is 6.50. The highest BCUT2D eigenvalue weighted by molar-refractivity contribution is 5.69. The molecule has 1 heterocycles. The summed E-state index contributed by atoms with van der Waals surface area (Å²) in [5.41, 5.74) is 5.26. The fourth-order valence-electron chi connectivity index (χ4n) is 2.81. The van der Waals surface area contributed by atoms with Gasteiger partial charge in [0.05, 0.1) is 5.69 Å². The summed E-state index contributed by atoms with van der Waals surface area (Å²) in [5.74, 6) is 1.10. The van der Waals surface area contributed by atoms with Crippen molar-refractivity contribution in [3.8, 4) is 11.1 Å². The highest BCUT2D eigenvalue weighted by Gasteiger charge is 2.25. The van der Waals surface area contributed by atoms with E-state index in [0.29, 0.717) is 17.9 Å². The predicted octanol–water partition coefficient (Wildman–Crippen LogP) is 5.45. The van der Waals surface area contributed by atoms with Gasteiger partial charge in [-0.15, -0.1) is 0 Å². The van der Waals surface area contributed by atoms with Crippen molar-refractivity contribution in [2.24, 2.45) is 5.92 Å². The van der Waals surface area contributed by atoms with Gasteiger partial charge in [-0.3, -0.25) is 4.68 Å². The largest absolute Gasteiger partial charge is 0.266 e. The Morgan fingerprint density at radius 2 is 1.62 bits per heavy atom. The van der Waals surface area contributed by atoms with Crippen LogP contribution in [0.15, 0.2) is 30.3 Å². The number of aryl methyl sites for hydroxylation is 1. The zero-order valence-electron chi connectivity index (χ0n) is 14.2. The van der Waals surface area contributed by atoms with Gasteiger partial charge in [-0.25, -0.2) is 0 Å². The van der Waals surface area contributed by atoms with Crippen LogP contribution in [-0.4, -0.2) is 9.78 Å². The van der Waals surface area contributed by atoms with Gasteiger partial charge < -0.3 is 0 Å². The zero-order valence-corrected chi connectivity index (χ0v) is 14.2. The highest BCUT2D eigenvalue weighted by atomic mass is 15.3. The number of nitrogens with zero attached hydrogens (tertiary/aromatic N) is 2. The molecule has 0 saturated heterocycles. The van der Waals surface area contributed by atoms with Gasteiger partial charge in [0.1, 0.15) is 0 Å². The number of aromatic nitrogens is 2. The van der Waals surface area contributed by atoms with Gasteiger partial charge >= 0.3 is 0 Å². The summed E-state index contributed by atoms with van der Waals surface area (Å²) in [6, 6.07) is 11.1. The first-order valence-corrected chi connectivity index (χ1v) is 8.14. The molecule has 1 aromatic heterocycles. The summed E-state index contributed by atoms with van der Waals surface area (Å²) in [7, 11) is 0. The van der Waals surface area contributed by atoms with Crippen molar-refractivity contribution in [3.63, 3.8) is 0 Å². The van der Waals surface area contributed by atoms with Gasteiger partial charge in [-0.2, -0.15) is 5.10 Å². The number of rotatable bonds is 5. The Kier molecular flexibility index (Phi) is 4.87. The SMILES string of the molecule is CCc1nn(C(C)C)c(C(C)C(C)C)c1-c1ccccc1. The van der Waals surface area contributed by atoms with E-state index < -0.39 is 0 Å². The standard InChI is InChI=1S/C19H28N2/c1-7-17-18(16-11-9-8-10-12-16)19(15(6)13(2)3)21(20-17)14(4)5/h8-15H,7H2,1-6H3. The summed E-state index contributed by atoms with van der Waals surface area (Å²) in [5, 5.41) is 4.92. The van der Waals surface area contributed by atoms with Gasteiger partial charge in [-0.05, 0) is 31.7 Å². The highest BCUT2D eigenvalue weighted by Crippen LogP contribution is 2.37. The minimum Gasteiger partial charge on any atom is -0.266 e. The molecule has 0 N–H and O–H groups in total. The van der Waals surface area contributed by atoms with E-state index in [-0.39, 0.29) is 0 Å². The van der Waals surface area contributed by atoms with Crippen LogP contribution in [0.1, 0.15) is 64.9 Å². The molecule has 0 spiro atoms. The molecule has 1 atom stereocenters. The lowest BCUT2D eigenvalue weighted by Gasteiger charge is -2.21. The smallest absolute Gasteiger partial charge is 0.0703 e. The van der Waals surface area contributed by atoms with Crippen molar-refractivity contribution in [1.29, 1.82) is 0 Å². The zero-order chi connectivity index (χ0) is 15.6. The lowest BCUT2D eigenvalue weighted by Crippen LogP contribution is -2.14. The molecule has 0 aliphatic heterocycles. The molecule has 2 rings (SSSR count). The Hall–Kier alpha value is -1.57. The molecule has 0 aliphatic carbocycles. The van der Waals surface area contributed by atoms with Gasteiger partial charge in [0.15, 0.2) is 0 Å². The van der Waals surface area contributed by atoms with E-state index in [1.807, 2.05) is 0 Å². The normalized spacial score (nSPS) is 13.1. The van der Waals surface area contributed by atoms with Crippen molar-refractivity contribution < 1.29 is 0 Å². The summed E-state index contributed by atoms with van der Waals surface area (Å²) in [6.07, 6.45) is 0.974. The van der Waals surface area contributed by atoms with E-state index in [2.05, 4.69) is 76.6 Å². The van der Waals surface area contributed by atoms with Crippen LogP contribution < -0.4 is 0 Å². The number of benzene rings is 1. The molecular formula is C19H28N2. The molecule has 2 heteroatoms. The van der Waals surface area contributed by atoms with E-state index >= 15 is 0 Å². The Balaban J connectivity index is 2.71. The van der Waals surface area contributed by atoms with Gasteiger partial charge in [0.25, 0.3) is 0 Å². The Bertz CT molecular complexity index is 579. The van der Waals surface area contributed by atoms with Gasteiger partial charge in [0, 0.05) is 23.2 Å². The second-order valence-corrected chi connectivity index (χ2v) is 6.50. The minimum atomic E-state index is 0.393.